The number of nitrogens with one attached hydrogen (secondary N) is 2. The molecule has 27 heavy (non-hydrogen) atoms. The summed E-state index contributed by atoms with van der Waals surface area (Å²) >= 11 is 0. The Bertz CT molecular complexity index is 903. The summed E-state index contributed by atoms with van der Waals surface area (Å²) in [6.07, 6.45) is 1.81. The molecule has 2 N–H and O–H groups in total. The first-order valence-corrected chi connectivity index (χ1v) is 10.7. The van der Waals surface area contributed by atoms with Crippen molar-refractivity contribution in [1.29, 1.82) is 0 Å². The molecule has 1 aromatic heterocycles. The van der Waals surface area contributed by atoms with Crippen molar-refractivity contribution in [2.24, 2.45) is 4.99 Å². The van der Waals surface area contributed by atoms with Crippen molar-refractivity contribution >= 4 is 15.8 Å². The summed E-state index contributed by atoms with van der Waals surface area (Å²) in [5.74, 6) is 2.18. The lowest BCUT2D eigenvalue weighted by Gasteiger charge is -2.12. The molecule has 9 heteroatoms. The highest BCUT2D eigenvalue weighted by Gasteiger charge is 2.11. The molecule has 0 fully saturated rings. The Kier molecular flexibility index (Phi) is 6.95. The van der Waals surface area contributed by atoms with Gasteiger partial charge < -0.3 is 15.2 Å². The number of benzene rings is 1. The van der Waals surface area contributed by atoms with Gasteiger partial charge in [-0.3, -0.25) is 4.99 Å². The van der Waals surface area contributed by atoms with E-state index < -0.39 is 9.84 Å². The molecule has 1 aromatic carbocycles. The van der Waals surface area contributed by atoms with E-state index in [2.05, 4.69) is 25.8 Å². The molecule has 0 aliphatic rings. The third-order valence-corrected chi connectivity index (χ3v) is 5.21. The number of hydrogen-bond acceptors (Lipinski definition) is 6. The Hall–Kier alpha value is -2.42. The number of rotatable bonds is 7. The average molecular weight is 394 g/mol. The molecule has 0 atom stereocenters. The number of hydrogen-bond donors (Lipinski definition) is 2. The number of sulfone groups is 1. The number of guanidine groups is 1. The summed E-state index contributed by atoms with van der Waals surface area (Å²) in [5, 5.41) is 10.3. The van der Waals surface area contributed by atoms with Crippen LogP contribution < -0.4 is 10.6 Å². The standard InChI is InChI=1S/C18H27N5O3S/c1-12(2)17-22-16(26-23-17)8-9-20-18(19-4)21-11-14-6-7-15(13(3)10-14)27(5,24)25/h6-7,10,12H,8-9,11H2,1-5H3,(H2,19,20,21). The van der Waals surface area contributed by atoms with Gasteiger partial charge in [0.25, 0.3) is 0 Å². The fourth-order valence-corrected chi connectivity index (χ4v) is 3.49. The molecule has 8 nitrogen and oxygen atoms in total. The predicted octanol–water partition coefficient (Wildman–Crippen LogP) is 1.81. The number of nitrogens with zero attached hydrogens (tertiary/aromatic N) is 3. The molecule has 1 heterocycles. The minimum atomic E-state index is -3.20. The van der Waals surface area contributed by atoms with Crippen LogP contribution in [0.5, 0.6) is 0 Å². The SMILES string of the molecule is CN=C(NCCc1nc(C(C)C)no1)NCc1ccc(S(C)(=O)=O)c(C)c1. The third kappa shape index (κ3) is 6.06. The summed E-state index contributed by atoms with van der Waals surface area (Å²) in [5.41, 5.74) is 1.71. The molecule has 0 unspecified atom stereocenters. The van der Waals surface area contributed by atoms with E-state index in [1.54, 1.807) is 26.1 Å². The van der Waals surface area contributed by atoms with Crippen molar-refractivity contribution in [2.75, 3.05) is 19.8 Å². The first kappa shape index (κ1) is 20.9. The van der Waals surface area contributed by atoms with Crippen LogP contribution in [0.25, 0.3) is 0 Å². The van der Waals surface area contributed by atoms with Crippen LogP contribution >= 0.6 is 0 Å². The van der Waals surface area contributed by atoms with Crippen LogP contribution in [0.15, 0.2) is 32.6 Å². The van der Waals surface area contributed by atoms with E-state index in [1.807, 2.05) is 19.9 Å². The Balaban J connectivity index is 1.85. The van der Waals surface area contributed by atoms with Crippen molar-refractivity contribution in [3.63, 3.8) is 0 Å². The van der Waals surface area contributed by atoms with E-state index in [0.29, 0.717) is 42.1 Å². The van der Waals surface area contributed by atoms with E-state index in [4.69, 9.17) is 4.52 Å². The Morgan fingerprint density at radius 2 is 2.04 bits per heavy atom. The van der Waals surface area contributed by atoms with E-state index in [1.165, 1.54) is 6.26 Å². The smallest absolute Gasteiger partial charge is 0.228 e. The molecule has 0 spiro atoms. The highest BCUT2D eigenvalue weighted by molar-refractivity contribution is 7.90. The van der Waals surface area contributed by atoms with Gasteiger partial charge in [-0.2, -0.15) is 4.98 Å². The Morgan fingerprint density at radius 3 is 2.59 bits per heavy atom. The maximum absolute atomic E-state index is 11.7. The quantitative estimate of drug-likeness (QED) is 0.545. The molecule has 0 amide bonds. The van der Waals surface area contributed by atoms with Gasteiger partial charge in [0, 0.05) is 38.7 Å². The van der Waals surface area contributed by atoms with Crippen LogP contribution in [0.2, 0.25) is 0 Å². The highest BCUT2D eigenvalue weighted by atomic mass is 32.2. The van der Waals surface area contributed by atoms with Gasteiger partial charge in [-0.15, -0.1) is 0 Å². The summed E-state index contributed by atoms with van der Waals surface area (Å²) in [4.78, 5) is 8.87. The van der Waals surface area contributed by atoms with Crippen molar-refractivity contribution < 1.29 is 12.9 Å². The van der Waals surface area contributed by atoms with Crippen LogP contribution in [-0.4, -0.2) is 44.4 Å². The minimum Gasteiger partial charge on any atom is -0.356 e. The van der Waals surface area contributed by atoms with Crippen LogP contribution in [0.4, 0.5) is 0 Å². The van der Waals surface area contributed by atoms with Gasteiger partial charge in [-0.25, -0.2) is 8.42 Å². The first-order valence-electron chi connectivity index (χ1n) is 8.77. The normalized spacial score (nSPS) is 12.4. The zero-order valence-electron chi connectivity index (χ0n) is 16.4. The lowest BCUT2D eigenvalue weighted by atomic mass is 10.1. The topological polar surface area (TPSA) is 109 Å². The Morgan fingerprint density at radius 1 is 1.30 bits per heavy atom. The minimum absolute atomic E-state index is 0.238. The zero-order chi connectivity index (χ0) is 20.0. The average Bonchev–Trinajstić information content (AvgIpc) is 3.06. The van der Waals surface area contributed by atoms with Gasteiger partial charge in [-0.05, 0) is 24.1 Å². The molecule has 0 aliphatic carbocycles. The van der Waals surface area contributed by atoms with Crippen molar-refractivity contribution in [3.8, 4) is 0 Å². The van der Waals surface area contributed by atoms with Crippen molar-refractivity contribution in [1.82, 2.24) is 20.8 Å². The van der Waals surface area contributed by atoms with Crippen LogP contribution in [0.1, 0.15) is 42.6 Å². The fourth-order valence-electron chi connectivity index (χ4n) is 2.54. The second-order valence-corrected chi connectivity index (χ2v) is 8.66. The van der Waals surface area contributed by atoms with E-state index in [9.17, 15) is 8.42 Å². The maximum Gasteiger partial charge on any atom is 0.228 e. The highest BCUT2D eigenvalue weighted by Crippen LogP contribution is 2.16. The van der Waals surface area contributed by atoms with Gasteiger partial charge in [0.2, 0.25) is 5.89 Å². The summed E-state index contributed by atoms with van der Waals surface area (Å²) in [6, 6.07) is 5.30. The molecule has 2 aromatic rings. The monoisotopic (exact) mass is 393 g/mol. The first-order chi connectivity index (χ1) is 12.7. The van der Waals surface area contributed by atoms with Gasteiger partial charge in [-0.1, -0.05) is 31.1 Å². The second-order valence-electron chi connectivity index (χ2n) is 6.68. The van der Waals surface area contributed by atoms with Crippen molar-refractivity contribution in [2.45, 2.75) is 44.6 Å². The van der Waals surface area contributed by atoms with Crippen LogP contribution in [0, 0.1) is 6.92 Å². The van der Waals surface area contributed by atoms with Crippen LogP contribution in [-0.2, 0) is 22.8 Å². The molecule has 0 radical (unpaired) electrons. The number of aliphatic imine (C=N–C) groups is 1. The molecule has 2 rings (SSSR count). The summed E-state index contributed by atoms with van der Waals surface area (Å²) in [6.45, 7) is 6.96. The van der Waals surface area contributed by atoms with Gasteiger partial charge in [0.1, 0.15) is 0 Å². The molecule has 0 saturated heterocycles. The fraction of sp³-hybridized carbons (Fsp3) is 0.500. The molecule has 148 valence electrons. The lowest BCUT2D eigenvalue weighted by molar-refractivity contribution is 0.371. The van der Waals surface area contributed by atoms with Crippen LogP contribution in [0.3, 0.4) is 0 Å². The van der Waals surface area contributed by atoms with Gasteiger partial charge in [0.05, 0.1) is 4.90 Å². The maximum atomic E-state index is 11.7. The zero-order valence-corrected chi connectivity index (χ0v) is 17.2. The molecule has 0 saturated carbocycles. The predicted molar refractivity (Wildman–Crippen MR) is 105 cm³/mol. The summed E-state index contributed by atoms with van der Waals surface area (Å²) < 4.78 is 28.6. The van der Waals surface area contributed by atoms with Gasteiger partial charge >= 0.3 is 0 Å². The van der Waals surface area contributed by atoms with Gasteiger partial charge in [0.15, 0.2) is 21.6 Å². The molecule has 0 bridgehead atoms. The van der Waals surface area contributed by atoms with E-state index >= 15 is 0 Å². The Labute approximate surface area is 160 Å². The molecular weight excluding hydrogens is 366 g/mol. The molecule has 0 aliphatic heterocycles. The summed E-state index contributed by atoms with van der Waals surface area (Å²) in [7, 11) is -1.51. The third-order valence-electron chi connectivity index (χ3n) is 3.95. The number of aromatic nitrogens is 2. The van der Waals surface area contributed by atoms with E-state index in [0.717, 1.165) is 11.1 Å². The lowest BCUT2D eigenvalue weighted by Crippen LogP contribution is -2.37. The largest absolute Gasteiger partial charge is 0.356 e. The molecular formula is C18H27N5O3S. The second kappa shape index (κ2) is 8.98. The number of aryl methyl sites for hydroxylation is 1. The van der Waals surface area contributed by atoms with E-state index in [-0.39, 0.29) is 5.92 Å². The van der Waals surface area contributed by atoms with Crippen molar-refractivity contribution in [3.05, 3.63) is 41.0 Å².